The molecule has 0 saturated carbocycles. The van der Waals surface area contributed by atoms with Gasteiger partial charge >= 0.3 is 5.97 Å². The summed E-state index contributed by atoms with van der Waals surface area (Å²) in [4.78, 5) is 18.2. The molecule has 1 unspecified atom stereocenters. The van der Waals surface area contributed by atoms with Crippen molar-refractivity contribution >= 4 is 35.3 Å². The highest BCUT2D eigenvalue weighted by Crippen LogP contribution is 2.40. The number of rotatable bonds is 10. The third kappa shape index (κ3) is 6.74. The van der Waals surface area contributed by atoms with E-state index in [1.54, 1.807) is 11.8 Å². The van der Waals surface area contributed by atoms with Crippen molar-refractivity contribution in [2.45, 2.75) is 71.2 Å². The molecule has 0 radical (unpaired) electrons. The van der Waals surface area contributed by atoms with Gasteiger partial charge in [-0.25, -0.2) is 9.48 Å². The second kappa shape index (κ2) is 13.4. The van der Waals surface area contributed by atoms with E-state index >= 15 is 0 Å². The third-order valence-electron chi connectivity index (χ3n) is 7.55. The first-order valence-corrected chi connectivity index (χ1v) is 15.8. The monoisotopic (exact) mass is 632 g/mol. The van der Waals surface area contributed by atoms with Crippen LogP contribution in [0.25, 0.3) is 0 Å². The van der Waals surface area contributed by atoms with Crippen molar-refractivity contribution in [3.8, 4) is 11.5 Å². The van der Waals surface area contributed by atoms with Gasteiger partial charge in [-0.1, -0.05) is 59.8 Å². The Labute approximate surface area is 267 Å². The maximum Gasteiger partial charge on any atom is 0.338 e. The Morgan fingerprint density at radius 1 is 1.00 bits per heavy atom. The summed E-state index contributed by atoms with van der Waals surface area (Å²) < 4.78 is 19.4. The predicted octanol–water partition coefficient (Wildman–Crippen LogP) is 7.98. The van der Waals surface area contributed by atoms with Gasteiger partial charge in [0.05, 0.1) is 18.8 Å². The number of halogens is 1. The van der Waals surface area contributed by atoms with Crippen molar-refractivity contribution < 1.29 is 19.0 Å². The summed E-state index contributed by atoms with van der Waals surface area (Å²) >= 11 is 7.85. The number of methoxy groups -OCH3 is 1. The van der Waals surface area contributed by atoms with Crippen LogP contribution in [0.1, 0.15) is 60.2 Å². The van der Waals surface area contributed by atoms with Gasteiger partial charge in [-0.3, -0.25) is 0 Å². The van der Waals surface area contributed by atoms with E-state index in [1.165, 1.54) is 28.5 Å². The van der Waals surface area contributed by atoms with Crippen LogP contribution in [0.2, 0.25) is 5.02 Å². The van der Waals surface area contributed by atoms with E-state index in [0.29, 0.717) is 51.3 Å². The molecule has 0 amide bonds. The Hall–Kier alpha value is -3.95. The molecule has 0 bridgehead atoms. The van der Waals surface area contributed by atoms with Crippen molar-refractivity contribution in [3.05, 3.63) is 104 Å². The molecule has 3 aromatic carbocycles. The number of carbonyl (C=O) groups is 1. The molecule has 5 rings (SSSR count). The summed E-state index contributed by atoms with van der Waals surface area (Å²) in [6.07, 6.45) is -0.290. The van der Waals surface area contributed by atoms with Gasteiger partial charge in [0.15, 0.2) is 11.5 Å². The van der Waals surface area contributed by atoms with E-state index in [0.717, 1.165) is 16.7 Å². The minimum absolute atomic E-state index is 0.290. The van der Waals surface area contributed by atoms with E-state index in [9.17, 15) is 4.79 Å². The number of benzene rings is 3. The zero-order valence-electron chi connectivity index (χ0n) is 26.0. The number of carbonyl (C=O) groups excluding carboxylic acids is 1. The summed E-state index contributed by atoms with van der Waals surface area (Å²) in [5.74, 6) is 1.85. The van der Waals surface area contributed by atoms with Crippen molar-refractivity contribution in [2.75, 3.05) is 12.4 Å². The largest absolute Gasteiger partial charge is 0.493 e. The first kappa shape index (κ1) is 31.5. The molecule has 1 atom stereocenters. The molecule has 2 heterocycles. The topological polar surface area (TPSA) is 87.5 Å². The maximum atomic E-state index is 13.5. The zero-order valence-corrected chi connectivity index (χ0v) is 27.6. The van der Waals surface area contributed by atoms with Crippen LogP contribution in [-0.4, -0.2) is 33.9 Å². The Morgan fingerprint density at radius 2 is 1.75 bits per heavy atom. The van der Waals surface area contributed by atoms with E-state index in [-0.39, 0.29) is 6.10 Å². The van der Waals surface area contributed by atoms with Crippen LogP contribution in [0.4, 0.5) is 5.95 Å². The lowest BCUT2D eigenvalue weighted by atomic mass is 9.95. The zero-order chi connectivity index (χ0) is 31.5. The number of hydrogen-bond acceptors (Lipinski definition) is 8. The SMILES string of the molecule is COc1cc(C2C(C(=O)OC(C)C)=C(C)Nc3nc(SCc4ccccc4Cl)nn32)ccc1OCc1cc(C)c(C)cc1C. The molecule has 4 aromatic rings. The van der Waals surface area contributed by atoms with E-state index in [2.05, 4.69) is 38.2 Å². The molecule has 0 aliphatic carbocycles. The highest BCUT2D eigenvalue weighted by molar-refractivity contribution is 7.98. The van der Waals surface area contributed by atoms with Gasteiger partial charge in [0, 0.05) is 16.5 Å². The third-order valence-corrected chi connectivity index (χ3v) is 8.80. The molecule has 1 aliphatic heterocycles. The first-order chi connectivity index (χ1) is 21.0. The van der Waals surface area contributed by atoms with Gasteiger partial charge in [-0.2, -0.15) is 4.98 Å². The van der Waals surface area contributed by atoms with Crippen LogP contribution in [-0.2, 0) is 21.9 Å². The van der Waals surface area contributed by atoms with Gasteiger partial charge in [0.1, 0.15) is 12.6 Å². The van der Waals surface area contributed by atoms with Gasteiger partial charge < -0.3 is 19.5 Å². The van der Waals surface area contributed by atoms with Crippen LogP contribution in [0.3, 0.4) is 0 Å². The number of ether oxygens (including phenoxy) is 3. The van der Waals surface area contributed by atoms with Gasteiger partial charge in [0.25, 0.3) is 0 Å². The predicted molar refractivity (Wildman–Crippen MR) is 175 cm³/mol. The number of nitrogens with zero attached hydrogens (tertiary/aromatic N) is 3. The fourth-order valence-corrected chi connectivity index (χ4v) is 6.22. The molecule has 1 aliphatic rings. The molecule has 1 aromatic heterocycles. The van der Waals surface area contributed by atoms with Crippen molar-refractivity contribution in [3.63, 3.8) is 0 Å². The lowest BCUT2D eigenvalue weighted by Gasteiger charge is -2.29. The summed E-state index contributed by atoms with van der Waals surface area (Å²) in [5, 5.41) is 9.33. The molecule has 0 fully saturated rings. The Bertz CT molecular complexity index is 1730. The molecule has 10 heteroatoms. The van der Waals surface area contributed by atoms with Crippen LogP contribution >= 0.6 is 23.4 Å². The lowest BCUT2D eigenvalue weighted by molar-refractivity contribution is -0.143. The minimum atomic E-state index is -0.607. The van der Waals surface area contributed by atoms with E-state index in [4.69, 9.17) is 35.9 Å². The number of thioether (sulfide) groups is 1. The van der Waals surface area contributed by atoms with Gasteiger partial charge in [-0.05, 0) is 93.1 Å². The van der Waals surface area contributed by atoms with Crippen molar-refractivity contribution in [2.24, 2.45) is 0 Å². The number of aromatic nitrogens is 3. The van der Waals surface area contributed by atoms with Crippen LogP contribution in [0.5, 0.6) is 11.5 Å². The number of anilines is 1. The summed E-state index contributed by atoms with van der Waals surface area (Å²) in [5.41, 5.74) is 7.62. The molecule has 1 N–H and O–H groups in total. The normalized spacial score (nSPS) is 14.3. The number of hydrogen-bond donors (Lipinski definition) is 1. The molecule has 44 heavy (non-hydrogen) atoms. The standard InChI is InChI=1S/C34H37ClN4O4S/c1-19(2)43-32(40)30-23(6)36-33-37-34(44-18-25-10-8-9-11-27(25)35)38-39(33)31(30)24-12-13-28(29(16-24)41-7)42-17-26-15-21(4)20(3)14-22(26)5/h8-16,19,31H,17-18H2,1-7H3,(H,36,37,38). The molecule has 0 spiro atoms. The summed E-state index contributed by atoms with van der Waals surface area (Å²) in [7, 11) is 1.61. The molecular weight excluding hydrogens is 596 g/mol. The fourth-order valence-electron chi connectivity index (χ4n) is 5.11. The summed E-state index contributed by atoms with van der Waals surface area (Å²) in [6, 6.07) is 17.1. The quantitative estimate of drug-likeness (QED) is 0.139. The number of fused-ring (bicyclic) bond motifs is 1. The van der Waals surface area contributed by atoms with Gasteiger partial charge in [0.2, 0.25) is 11.1 Å². The van der Waals surface area contributed by atoms with Crippen molar-refractivity contribution in [1.29, 1.82) is 0 Å². The highest BCUT2D eigenvalue weighted by atomic mass is 35.5. The smallest absolute Gasteiger partial charge is 0.338 e. The number of aryl methyl sites for hydroxylation is 3. The maximum absolute atomic E-state index is 13.5. The average molecular weight is 633 g/mol. The Morgan fingerprint density at radius 3 is 2.48 bits per heavy atom. The number of esters is 1. The highest BCUT2D eigenvalue weighted by Gasteiger charge is 2.36. The van der Waals surface area contributed by atoms with E-state index in [1.807, 2.05) is 63.2 Å². The fraction of sp³-hybridized carbons (Fsp3) is 0.324. The average Bonchev–Trinajstić information content (AvgIpc) is 3.39. The van der Waals surface area contributed by atoms with Crippen molar-refractivity contribution in [1.82, 2.24) is 14.8 Å². The Kier molecular flexibility index (Phi) is 9.56. The molecular formula is C34H37ClN4O4S. The van der Waals surface area contributed by atoms with Gasteiger partial charge in [-0.15, -0.1) is 5.10 Å². The van der Waals surface area contributed by atoms with Crippen LogP contribution < -0.4 is 14.8 Å². The number of nitrogens with one attached hydrogen (secondary N) is 1. The minimum Gasteiger partial charge on any atom is -0.493 e. The van der Waals surface area contributed by atoms with E-state index < -0.39 is 12.0 Å². The molecule has 8 nitrogen and oxygen atoms in total. The first-order valence-electron chi connectivity index (χ1n) is 14.4. The second-order valence-corrected chi connectivity index (χ2v) is 12.5. The van der Waals surface area contributed by atoms with Crippen LogP contribution in [0, 0.1) is 20.8 Å². The molecule has 0 saturated heterocycles. The Balaban J connectivity index is 1.48. The van der Waals surface area contributed by atoms with Crippen LogP contribution in [0.15, 0.2) is 71.0 Å². The number of allylic oxidation sites excluding steroid dienone is 1. The second-order valence-electron chi connectivity index (χ2n) is 11.1. The molecule has 230 valence electrons. The lowest BCUT2D eigenvalue weighted by Crippen LogP contribution is -2.30. The summed E-state index contributed by atoms with van der Waals surface area (Å²) in [6.45, 7) is 12.2.